The molecule has 1 aromatic rings. The lowest BCUT2D eigenvalue weighted by atomic mass is 9.91. The number of hydrogen-bond donors (Lipinski definition) is 1. The van der Waals surface area contributed by atoms with Gasteiger partial charge in [-0.3, -0.25) is 0 Å². The van der Waals surface area contributed by atoms with E-state index in [0.717, 1.165) is 18.4 Å². The van der Waals surface area contributed by atoms with Crippen LogP contribution in [-0.4, -0.2) is 0 Å². The first-order chi connectivity index (χ1) is 7.61. The van der Waals surface area contributed by atoms with Crippen molar-refractivity contribution in [3.8, 4) is 0 Å². The highest BCUT2D eigenvalue weighted by Crippen LogP contribution is 2.38. The smallest absolute Gasteiger partial charge is 0.129 e. The molecule has 88 valence electrons. The van der Waals surface area contributed by atoms with Crippen LogP contribution in [0.15, 0.2) is 12.1 Å². The molecule has 0 bridgehead atoms. The molecule has 1 nitrogen and oxygen atoms in total. The third-order valence-corrected chi connectivity index (χ3v) is 4.06. The Morgan fingerprint density at radius 1 is 1.38 bits per heavy atom. The van der Waals surface area contributed by atoms with Gasteiger partial charge in [0.2, 0.25) is 0 Å². The van der Waals surface area contributed by atoms with Crippen molar-refractivity contribution in [2.45, 2.75) is 38.6 Å². The molecule has 1 aliphatic carbocycles. The van der Waals surface area contributed by atoms with Gasteiger partial charge in [-0.15, -0.1) is 0 Å². The molecule has 2 N–H and O–H groups in total. The highest BCUT2D eigenvalue weighted by molar-refractivity contribution is 6.32. The van der Waals surface area contributed by atoms with Gasteiger partial charge in [0.25, 0.3) is 0 Å². The molecule has 1 fully saturated rings. The van der Waals surface area contributed by atoms with E-state index >= 15 is 0 Å². The normalized spacial score (nSPS) is 19.0. The Hall–Kier alpha value is -0.600. The van der Waals surface area contributed by atoms with Crippen molar-refractivity contribution in [2.75, 3.05) is 0 Å². The summed E-state index contributed by atoms with van der Waals surface area (Å²) in [6, 6.07) is 2.91. The summed E-state index contributed by atoms with van der Waals surface area (Å²) in [5.41, 5.74) is 7.55. The molecule has 0 aromatic heterocycles. The Labute approximate surface area is 101 Å². The molecule has 0 heterocycles. The largest absolute Gasteiger partial charge is 0.324 e. The first-order valence-corrected chi connectivity index (χ1v) is 6.19. The van der Waals surface area contributed by atoms with Crippen LogP contribution < -0.4 is 5.73 Å². The number of aryl methyl sites for hydroxylation is 1. The molecule has 1 aliphatic rings. The molecule has 1 aromatic carbocycles. The summed E-state index contributed by atoms with van der Waals surface area (Å²) in [5.74, 6) is 0.115. The van der Waals surface area contributed by atoms with Gasteiger partial charge in [-0.2, -0.15) is 0 Å². The molecule has 2 rings (SSSR count). The van der Waals surface area contributed by atoms with E-state index in [1.54, 1.807) is 6.07 Å². The lowest BCUT2D eigenvalue weighted by Crippen LogP contribution is -2.21. The van der Waals surface area contributed by atoms with Crippen molar-refractivity contribution in [3.05, 3.63) is 34.1 Å². The molecule has 1 saturated carbocycles. The zero-order valence-electron chi connectivity index (χ0n) is 9.47. The summed E-state index contributed by atoms with van der Waals surface area (Å²) in [6.45, 7) is 1.88. The third kappa shape index (κ3) is 2.09. The fraction of sp³-hybridized carbons (Fsp3) is 0.538. The monoisotopic (exact) mass is 241 g/mol. The summed E-state index contributed by atoms with van der Waals surface area (Å²) in [6.07, 6.45) is 4.57. The first kappa shape index (κ1) is 11.9. The molecule has 0 spiro atoms. The van der Waals surface area contributed by atoms with E-state index in [1.165, 1.54) is 18.9 Å². The summed E-state index contributed by atoms with van der Waals surface area (Å²) < 4.78 is 13.8. The van der Waals surface area contributed by atoms with Crippen LogP contribution in [0.4, 0.5) is 4.39 Å². The minimum atomic E-state index is -0.269. The summed E-state index contributed by atoms with van der Waals surface area (Å²) in [5, 5.41) is 0.499. The minimum Gasteiger partial charge on any atom is -0.324 e. The summed E-state index contributed by atoms with van der Waals surface area (Å²) >= 11 is 6.15. The van der Waals surface area contributed by atoms with Gasteiger partial charge in [-0.05, 0) is 37.3 Å². The Morgan fingerprint density at radius 3 is 2.62 bits per heavy atom. The SMILES string of the molecule is Cc1ccc(F)c([C@H](N)C2CCCC2)c1Cl. The van der Waals surface area contributed by atoms with Gasteiger partial charge >= 0.3 is 0 Å². The van der Waals surface area contributed by atoms with E-state index in [9.17, 15) is 4.39 Å². The maximum absolute atomic E-state index is 13.8. The van der Waals surface area contributed by atoms with E-state index in [1.807, 2.05) is 6.92 Å². The van der Waals surface area contributed by atoms with Crippen LogP contribution in [0.1, 0.15) is 42.9 Å². The molecule has 0 radical (unpaired) electrons. The minimum absolute atomic E-state index is 0.255. The fourth-order valence-electron chi connectivity index (χ4n) is 2.54. The number of benzene rings is 1. The molecule has 0 aliphatic heterocycles. The second-order valence-electron chi connectivity index (χ2n) is 4.66. The number of rotatable bonds is 2. The van der Waals surface area contributed by atoms with Crippen LogP contribution in [0.5, 0.6) is 0 Å². The highest BCUT2D eigenvalue weighted by Gasteiger charge is 2.27. The van der Waals surface area contributed by atoms with Crippen molar-refractivity contribution >= 4 is 11.6 Å². The zero-order chi connectivity index (χ0) is 11.7. The second kappa shape index (κ2) is 4.72. The topological polar surface area (TPSA) is 26.0 Å². The number of hydrogen-bond acceptors (Lipinski definition) is 1. The van der Waals surface area contributed by atoms with Gasteiger partial charge in [-0.25, -0.2) is 4.39 Å². The number of nitrogens with two attached hydrogens (primary N) is 1. The number of halogens is 2. The molecule has 16 heavy (non-hydrogen) atoms. The fourth-order valence-corrected chi connectivity index (χ4v) is 2.82. The van der Waals surface area contributed by atoms with E-state index in [4.69, 9.17) is 17.3 Å². The van der Waals surface area contributed by atoms with E-state index < -0.39 is 0 Å². The molecular formula is C13H17ClFN. The van der Waals surface area contributed by atoms with E-state index in [-0.39, 0.29) is 11.9 Å². The lowest BCUT2D eigenvalue weighted by Gasteiger charge is -2.21. The summed E-state index contributed by atoms with van der Waals surface area (Å²) in [7, 11) is 0. The van der Waals surface area contributed by atoms with Crippen LogP contribution in [0, 0.1) is 18.7 Å². The van der Waals surface area contributed by atoms with Crippen LogP contribution in [0.2, 0.25) is 5.02 Å². The molecule has 1 atom stereocenters. The van der Waals surface area contributed by atoms with E-state index in [0.29, 0.717) is 16.5 Å². The van der Waals surface area contributed by atoms with Crippen molar-refractivity contribution in [3.63, 3.8) is 0 Å². The quantitative estimate of drug-likeness (QED) is 0.833. The highest BCUT2D eigenvalue weighted by atomic mass is 35.5. The van der Waals surface area contributed by atoms with E-state index in [2.05, 4.69) is 0 Å². The predicted molar refractivity (Wildman–Crippen MR) is 65.0 cm³/mol. The van der Waals surface area contributed by atoms with Gasteiger partial charge in [0, 0.05) is 11.6 Å². The maximum atomic E-state index is 13.8. The van der Waals surface area contributed by atoms with Crippen LogP contribution in [0.3, 0.4) is 0 Å². The van der Waals surface area contributed by atoms with Crippen molar-refractivity contribution in [1.29, 1.82) is 0 Å². The van der Waals surface area contributed by atoms with Gasteiger partial charge in [0.05, 0.1) is 5.02 Å². The lowest BCUT2D eigenvalue weighted by molar-refractivity contribution is 0.429. The molecule has 0 amide bonds. The standard InChI is InChI=1S/C13H17ClFN/c1-8-6-7-10(15)11(12(8)14)13(16)9-4-2-3-5-9/h6-7,9,13H,2-5,16H2,1H3/t13-/m1/s1. The van der Waals surface area contributed by atoms with Crippen molar-refractivity contribution in [2.24, 2.45) is 11.7 Å². The Balaban J connectivity index is 2.34. The second-order valence-corrected chi connectivity index (χ2v) is 5.04. The Kier molecular flexibility index (Phi) is 3.50. The molecular weight excluding hydrogens is 225 g/mol. The maximum Gasteiger partial charge on any atom is 0.129 e. The van der Waals surface area contributed by atoms with Crippen LogP contribution >= 0.6 is 11.6 Å². The summed E-state index contributed by atoms with van der Waals surface area (Å²) in [4.78, 5) is 0. The van der Waals surface area contributed by atoms with Gasteiger partial charge in [0.1, 0.15) is 5.82 Å². The van der Waals surface area contributed by atoms with Crippen LogP contribution in [0.25, 0.3) is 0 Å². The molecule has 0 saturated heterocycles. The average Bonchev–Trinajstić information content (AvgIpc) is 2.77. The van der Waals surface area contributed by atoms with Crippen molar-refractivity contribution in [1.82, 2.24) is 0 Å². The zero-order valence-corrected chi connectivity index (χ0v) is 10.2. The predicted octanol–water partition coefficient (Wildman–Crippen LogP) is 3.98. The van der Waals surface area contributed by atoms with Gasteiger partial charge in [0.15, 0.2) is 0 Å². The van der Waals surface area contributed by atoms with Gasteiger partial charge in [-0.1, -0.05) is 30.5 Å². The third-order valence-electron chi connectivity index (χ3n) is 3.56. The molecule has 3 heteroatoms. The Morgan fingerprint density at radius 2 is 2.00 bits per heavy atom. The van der Waals surface area contributed by atoms with Crippen LogP contribution in [-0.2, 0) is 0 Å². The first-order valence-electron chi connectivity index (χ1n) is 5.81. The van der Waals surface area contributed by atoms with Gasteiger partial charge < -0.3 is 5.73 Å². The van der Waals surface area contributed by atoms with Crippen molar-refractivity contribution < 1.29 is 4.39 Å². The Bertz CT molecular complexity index is 386. The average molecular weight is 242 g/mol. The molecule has 0 unspecified atom stereocenters.